The molecule has 0 saturated carbocycles. The molecule has 0 aliphatic rings. The van der Waals surface area contributed by atoms with Crippen LogP contribution < -0.4 is 0 Å². The molecule has 3 heteroatoms. The van der Waals surface area contributed by atoms with Crippen molar-refractivity contribution in [2.24, 2.45) is 0 Å². The Morgan fingerprint density at radius 2 is 1.90 bits per heavy atom. The van der Waals surface area contributed by atoms with Gasteiger partial charge in [0.15, 0.2) is 0 Å². The fourth-order valence-corrected chi connectivity index (χ4v) is 0.605. The molecule has 0 aromatic heterocycles. The van der Waals surface area contributed by atoms with E-state index in [0.29, 0.717) is 0 Å². The maximum absolute atomic E-state index is 10.1. The predicted octanol–water partition coefficient (Wildman–Crippen LogP) is 2.26. The van der Waals surface area contributed by atoms with Gasteiger partial charge >= 0.3 is 6.16 Å². The van der Waals surface area contributed by atoms with Crippen LogP contribution in [0.4, 0.5) is 4.79 Å². The zero-order valence-electron chi connectivity index (χ0n) is 6.68. The molecule has 10 heavy (non-hydrogen) atoms. The van der Waals surface area contributed by atoms with Gasteiger partial charge in [-0.3, -0.25) is 0 Å². The highest BCUT2D eigenvalue weighted by molar-refractivity contribution is 5.57. The molecule has 0 aliphatic heterocycles. The second-order valence-electron chi connectivity index (χ2n) is 2.52. The van der Waals surface area contributed by atoms with E-state index in [1.165, 1.54) is 0 Å². The predicted molar refractivity (Wildman–Crippen MR) is 38.1 cm³/mol. The molecule has 0 amide bonds. The van der Waals surface area contributed by atoms with Crippen molar-refractivity contribution in [1.82, 2.24) is 0 Å². The summed E-state index contributed by atoms with van der Waals surface area (Å²) in [7, 11) is 0. The smallest absolute Gasteiger partial charge is 0.450 e. The third-order valence-corrected chi connectivity index (χ3v) is 1.83. The van der Waals surface area contributed by atoms with E-state index >= 15 is 0 Å². The summed E-state index contributed by atoms with van der Waals surface area (Å²) in [5.74, 6) is 0. The summed E-state index contributed by atoms with van der Waals surface area (Å²) in [5.41, 5.74) is -0.494. The molecule has 0 radical (unpaired) electrons. The molecular weight excluding hydrogens is 132 g/mol. The van der Waals surface area contributed by atoms with Crippen LogP contribution >= 0.6 is 0 Å². The van der Waals surface area contributed by atoms with Gasteiger partial charge in [-0.05, 0) is 19.8 Å². The molecule has 1 N–H and O–H groups in total. The minimum Gasteiger partial charge on any atom is -0.450 e. The van der Waals surface area contributed by atoms with Gasteiger partial charge in [-0.1, -0.05) is 13.8 Å². The monoisotopic (exact) mass is 146 g/mol. The Bertz CT molecular complexity index is 116. The van der Waals surface area contributed by atoms with Crippen molar-refractivity contribution in [3.8, 4) is 0 Å². The van der Waals surface area contributed by atoms with Crippen molar-refractivity contribution in [2.45, 2.75) is 39.2 Å². The Morgan fingerprint density at radius 1 is 1.50 bits per heavy atom. The van der Waals surface area contributed by atoms with Crippen LogP contribution in [0.3, 0.4) is 0 Å². The first-order chi connectivity index (χ1) is 4.54. The number of ether oxygens (including phenoxy) is 1. The van der Waals surface area contributed by atoms with Crippen LogP contribution in [0.15, 0.2) is 0 Å². The first-order valence-electron chi connectivity index (χ1n) is 3.46. The van der Waals surface area contributed by atoms with Gasteiger partial charge in [-0.2, -0.15) is 0 Å². The topological polar surface area (TPSA) is 46.5 Å². The van der Waals surface area contributed by atoms with Crippen molar-refractivity contribution < 1.29 is 14.6 Å². The van der Waals surface area contributed by atoms with Crippen molar-refractivity contribution in [3.63, 3.8) is 0 Å². The minimum atomic E-state index is -1.19. The Hall–Kier alpha value is -0.730. The summed E-state index contributed by atoms with van der Waals surface area (Å²) in [6.45, 7) is 5.61. The maximum atomic E-state index is 10.1. The molecule has 0 unspecified atom stereocenters. The summed E-state index contributed by atoms with van der Waals surface area (Å²) in [5, 5.41) is 8.29. The third kappa shape index (κ3) is 2.71. The summed E-state index contributed by atoms with van der Waals surface area (Å²) in [4.78, 5) is 10.1. The fourth-order valence-electron chi connectivity index (χ4n) is 0.605. The normalized spacial score (nSPS) is 11.1. The molecule has 0 aromatic carbocycles. The van der Waals surface area contributed by atoms with E-state index in [2.05, 4.69) is 4.74 Å². The van der Waals surface area contributed by atoms with Gasteiger partial charge in [0.25, 0.3) is 0 Å². The largest absolute Gasteiger partial charge is 0.506 e. The highest BCUT2D eigenvalue weighted by atomic mass is 16.7. The zero-order chi connectivity index (χ0) is 8.20. The second kappa shape index (κ2) is 3.44. The van der Waals surface area contributed by atoms with Crippen LogP contribution in [0.2, 0.25) is 0 Å². The molecule has 60 valence electrons. The van der Waals surface area contributed by atoms with E-state index in [-0.39, 0.29) is 0 Å². The Labute approximate surface area is 61.0 Å². The average molecular weight is 146 g/mol. The highest BCUT2D eigenvalue weighted by Gasteiger charge is 2.23. The summed E-state index contributed by atoms with van der Waals surface area (Å²) >= 11 is 0. The van der Waals surface area contributed by atoms with E-state index in [4.69, 9.17) is 5.11 Å². The molecule has 0 fully saturated rings. The summed E-state index contributed by atoms with van der Waals surface area (Å²) in [6.07, 6.45) is 0.247. The van der Waals surface area contributed by atoms with Crippen LogP contribution in [-0.2, 0) is 4.74 Å². The van der Waals surface area contributed by atoms with Gasteiger partial charge in [-0.25, -0.2) is 4.79 Å². The number of hydrogen-bond donors (Lipinski definition) is 1. The maximum Gasteiger partial charge on any atom is 0.506 e. The molecule has 0 atom stereocenters. The van der Waals surface area contributed by atoms with Crippen LogP contribution in [0.5, 0.6) is 0 Å². The molecule has 3 nitrogen and oxygen atoms in total. The van der Waals surface area contributed by atoms with E-state index in [0.717, 1.165) is 12.8 Å². The van der Waals surface area contributed by atoms with Gasteiger partial charge in [0.05, 0.1) is 0 Å². The number of carbonyl (C=O) groups is 1. The number of carboxylic acid groups (broad SMARTS) is 1. The number of rotatable bonds is 3. The molecule has 0 rings (SSSR count). The lowest BCUT2D eigenvalue weighted by Gasteiger charge is -2.24. The fraction of sp³-hybridized carbons (Fsp3) is 0.857. The van der Waals surface area contributed by atoms with Crippen molar-refractivity contribution in [2.75, 3.05) is 0 Å². The standard InChI is InChI=1S/C7H14O3/c1-4-7(3,5-2)10-6(8)9/h4-5H2,1-3H3,(H,8,9). The van der Waals surface area contributed by atoms with E-state index < -0.39 is 11.8 Å². The first kappa shape index (κ1) is 9.27. The van der Waals surface area contributed by atoms with Crippen LogP contribution in [0.1, 0.15) is 33.6 Å². The van der Waals surface area contributed by atoms with Gasteiger partial charge in [-0.15, -0.1) is 0 Å². The van der Waals surface area contributed by atoms with Gasteiger partial charge < -0.3 is 9.84 Å². The third-order valence-electron chi connectivity index (χ3n) is 1.83. The lowest BCUT2D eigenvalue weighted by atomic mass is 10.0. The SMILES string of the molecule is CCC(C)(CC)OC(=O)O. The lowest BCUT2D eigenvalue weighted by Crippen LogP contribution is -2.29. The van der Waals surface area contributed by atoms with Gasteiger partial charge in [0, 0.05) is 0 Å². The van der Waals surface area contributed by atoms with Crippen LogP contribution in [0, 0.1) is 0 Å². The Morgan fingerprint density at radius 3 is 2.00 bits per heavy atom. The summed E-state index contributed by atoms with van der Waals surface area (Å²) in [6, 6.07) is 0. The first-order valence-corrected chi connectivity index (χ1v) is 3.46. The zero-order valence-corrected chi connectivity index (χ0v) is 6.68. The molecule has 0 bridgehead atoms. The van der Waals surface area contributed by atoms with Crippen molar-refractivity contribution >= 4 is 6.16 Å². The molecule has 0 aromatic rings. The van der Waals surface area contributed by atoms with Crippen LogP contribution in [0.25, 0.3) is 0 Å². The quantitative estimate of drug-likeness (QED) is 0.621. The molecule has 0 heterocycles. The minimum absolute atomic E-state index is 0.494. The van der Waals surface area contributed by atoms with E-state index in [1.807, 2.05) is 13.8 Å². The van der Waals surface area contributed by atoms with Gasteiger partial charge in [0.2, 0.25) is 0 Å². The Balaban J connectivity index is 3.92. The van der Waals surface area contributed by atoms with E-state index in [9.17, 15) is 4.79 Å². The second-order valence-corrected chi connectivity index (χ2v) is 2.52. The molecule has 0 spiro atoms. The molecule has 0 saturated heterocycles. The molecule has 0 aliphatic carbocycles. The van der Waals surface area contributed by atoms with E-state index in [1.54, 1.807) is 6.92 Å². The van der Waals surface area contributed by atoms with Crippen molar-refractivity contribution in [1.29, 1.82) is 0 Å². The number of hydrogen-bond acceptors (Lipinski definition) is 2. The van der Waals surface area contributed by atoms with Crippen LogP contribution in [-0.4, -0.2) is 16.9 Å². The van der Waals surface area contributed by atoms with Crippen molar-refractivity contribution in [3.05, 3.63) is 0 Å². The highest BCUT2D eigenvalue weighted by Crippen LogP contribution is 2.18. The average Bonchev–Trinajstić information content (AvgIpc) is 1.87. The lowest BCUT2D eigenvalue weighted by molar-refractivity contribution is -0.0121. The Kier molecular flexibility index (Phi) is 3.19. The molecular formula is C7H14O3. The van der Waals surface area contributed by atoms with Gasteiger partial charge in [0.1, 0.15) is 5.60 Å². The summed E-state index contributed by atoms with van der Waals surface area (Å²) < 4.78 is 4.65.